The van der Waals surface area contributed by atoms with E-state index in [0.717, 1.165) is 130 Å². The van der Waals surface area contributed by atoms with Crippen LogP contribution >= 0.6 is 0 Å². The van der Waals surface area contributed by atoms with Gasteiger partial charge < -0.3 is 34.1 Å². The number of anilines is 18. The highest BCUT2D eigenvalue weighted by atomic mass is 16.5. The van der Waals surface area contributed by atoms with E-state index in [9.17, 15) is 0 Å². The lowest BCUT2D eigenvalue weighted by atomic mass is 9.29. The molecule has 0 spiro atoms. The van der Waals surface area contributed by atoms with E-state index in [2.05, 4.69) is 363 Å². The van der Waals surface area contributed by atoms with Crippen molar-refractivity contribution in [2.45, 2.75) is 0 Å². The Morgan fingerprint density at radius 3 is 1.01 bits per heavy atom. The Labute approximate surface area is 547 Å². The molecule has 0 fully saturated rings. The molecular formula is C84H55B3N6O. The number of benzene rings is 14. The molecule has 0 aliphatic carbocycles. The van der Waals surface area contributed by atoms with Gasteiger partial charge in [0.2, 0.25) is 0 Å². The number of fused-ring (bicyclic) bond motifs is 13. The van der Waals surface area contributed by atoms with Crippen LogP contribution in [0.25, 0.3) is 0 Å². The molecule has 14 aromatic rings. The standard InChI is InChI=1S/C84H55B3N6O/c1-8-29-56(30-9-1)88(57-31-10-2-11-32-57)63-51-75-81-76(52-63)92(61-39-18-6-19-40-61)73-54-74-68(53-67(73)85(81)64-43-22-25-46-69(64)90(75)59-35-14-4-15-36-59)86-66-45-24-27-50-79(66)94-84-82(86)77(93(74)62-41-20-7-21-42-62)55-78-83(84)87-65-44-23-26-47-70(65)89(58-33-12-3-13-34-58)71-48-28-49-72(80(71)87)91(78)60-37-16-5-17-38-60/h1-55H. The van der Waals surface area contributed by atoms with E-state index in [0.29, 0.717) is 0 Å². The van der Waals surface area contributed by atoms with E-state index in [1.165, 1.54) is 32.8 Å². The van der Waals surface area contributed by atoms with Crippen LogP contribution in [-0.4, -0.2) is 20.1 Å². The molecule has 14 aromatic carbocycles. The molecule has 0 unspecified atom stereocenters. The third kappa shape index (κ3) is 7.65. The predicted octanol–water partition coefficient (Wildman–Crippen LogP) is 15.7. The van der Waals surface area contributed by atoms with Crippen LogP contribution < -0.4 is 83.3 Å². The molecule has 0 bridgehead atoms. The Balaban J connectivity index is 0.900. The zero-order chi connectivity index (χ0) is 61.5. The zero-order valence-electron chi connectivity index (χ0n) is 51.1. The van der Waals surface area contributed by atoms with Crippen molar-refractivity contribution in [3.63, 3.8) is 0 Å². The largest absolute Gasteiger partial charge is 0.459 e. The van der Waals surface area contributed by atoms with Gasteiger partial charge >= 0.3 is 0 Å². The van der Waals surface area contributed by atoms with E-state index in [-0.39, 0.29) is 20.1 Å². The summed E-state index contributed by atoms with van der Waals surface area (Å²) in [7, 11) is 0. The first-order valence-corrected chi connectivity index (χ1v) is 32.5. The Hall–Kier alpha value is -12.1. The van der Waals surface area contributed by atoms with Crippen LogP contribution in [0.5, 0.6) is 11.5 Å². The molecule has 0 amide bonds. The van der Waals surface area contributed by atoms with E-state index in [1.54, 1.807) is 0 Å². The molecular weight excluding hydrogens is 1140 g/mol. The van der Waals surface area contributed by atoms with Gasteiger partial charge in [0.25, 0.3) is 20.1 Å². The predicted molar refractivity (Wildman–Crippen MR) is 395 cm³/mol. The molecule has 6 aliphatic rings. The van der Waals surface area contributed by atoms with Gasteiger partial charge in [-0.05, 0) is 189 Å². The molecule has 0 atom stereocenters. The Kier molecular flexibility index (Phi) is 11.6. The topological polar surface area (TPSA) is 28.7 Å². The highest BCUT2D eigenvalue weighted by Crippen LogP contribution is 2.53. The number of nitrogens with zero attached hydrogens (tertiary/aromatic N) is 6. The second kappa shape index (κ2) is 20.7. The van der Waals surface area contributed by atoms with Crippen molar-refractivity contribution in [3.05, 3.63) is 334 Å². The van der Waals surface area contributed by atoms with Crippen LogP contribution in [0.1, 0.15) is 0 Å². The van der Waals surface area contributed by atoms with Crippen LogP contribution in [0.3, 0.4) is 0 Å². The van der Waals surface area contributed by atoms with Crippen LogP contribution in [-0.2, 0) is 0 Å². The Morgan fingerprint density at radius 2 is 0.532 bits per heavy atom. The summed E-state index contributed by atoms with van der Waals surface area (Å²) in [6.07, 6.45) is 0. The molecule has 7 nitrogen and oxygen atoms in total. The minimum atomic E-state index is -0.236. The lowest BCUT2D eigenvalue weighted by Crippen LogP contribution is -2.67. The summed E-state index contributed by atoms with van der Waals surface area (Å²) in [6, 6.07) is 123. The normalized spacial score (nSPS) is 13.7. The average molecular weight is 1200 g/mol. The summed E-state index contributed by atoms with van der Waals surface area (Å²) in [5, 5.41) is 0. The summed E-state index contributed by atoms with van der Waals surface area (Å²) in [5.41, 5.74) is 30.8. The number of hydrogen-bond acceptors (Lipinski definition) is 7. The minimum Gasteiger partial charge on any atom is -0.459 e. The second-order valence-corrected chi connectivity index (χ2v) is 25.1. The highest BCUT2D eigenvalue weighted by Gasteiger charge is 2.52. The molecule has 436 valence electrons. The number of para-hydroxylation sites is 10. The third-order valence-corrected chi connectivity index (χ3v) is 20.2. The molecule has 10 heteroatoms. The highest BCUT2D eigenvalue weighted by molar-refractivity contribution is 7.05. The van der Waals surface area contributed by atoms with Gasteiger partial charge in [-0.1, -0.05) is 194 Å². The van der Waals surface area contributed by atoms with Crippen molar-refractivity contribution >= 4 is 172 Å². The van der Waals surface area contributed by atoms with Gasteiger partial charge in [-0.15, -0.1) is 0 Å². The van der Waals surface area contributed by atoms with Crippen LogP contribution in [0, 0.1) is 0 Å². The van der Waals surface area contributed by atoms with Gasteiger partial charge in [0.1, 0.15) is 11.5 Å². The maximum Gasteiger partial charge on any atom is 0.256 e. The zero-order valence-corrected chi connectivity index (χ0v) is 51.1. The number of ether oxygens (including phenoxy) is 1. The SMILES string of the molecule is c1ccc(N(c2ccccc2)c2cc3c4c(c2)N(c2ccccc2)c2cc5c(cc2B4c2ccccc2N3c2ccccc2)B2c3ccccc3Oc3c2c(cc2c3B3c4ccccc4N(c4ccccc4)c4cccc(c43)N2c2ccccc2)N5c2ccccc2)cc1. The van der Waals surface area contributed by atoms with Gasteiger partial charge in [-0.2, -0.15) is 0 Å². The van der Waals surface area contributed by atoms with Crippen LogP contribution in [0.2, 0.25) is 0 Å². The van der Waals surface area contributed by atoms with Gasteiger partial charge in [-0.25, -0.2) is 0 Å². The van der Waals surface area contributed by atoms with E-state index in [4.69, 9.17) is 4.74 Å². The van der Waals surface area contributed by atoms with Gasteiger partial charge in [-0.3, -0.25) is 0 Å². The number of hydrogen-bond donors (Lipinski definition) is 0. The summed E-state index contributed by atoms with van der Waals surface area (Å²) in [4.78, 5) is 15.0. The minimum absolute atomic E-state index is 0.178. The molecule has 94 heavy (non-hydrogen) atoms. The quantitative estimate of drug-likeness (QED) is 0.140. The van der Waals surface area contributed by atoms with Gasteiger partial charge in [0, 0.05) is 96.7 Å². The van der Waals surface area contributed by atoms with Crippen LogP contribution in [0.4, 0.5) is 102 Å². The fourth-order valence-electron chi connectivity index (χ4n) is 16.5. The first-order chi connectivity index (χ1) is 46.7. The second-order valence-electron chi connectivity index (χ2n) is 25.1. The monoisotopic (exact) mass is 1200 g/mol. The van der Waals surface area contributed by atoms with Crippen molar-refractivity contribution in [2.24, 2.45) is 0 Å². The van der Waals surface area contributed by atoms with E-state index < -0.39 is 0 Å². The molecule has 0 saturated heterocycles. The maximum absolute atomic E-state index is 7.85. The summed E-state index contributed by atoms with van der Waals surface area (Å²) in [6.45, 7) is -0.605. The molecule has 0 N–H and O–H groups in total. The van der Waals surface area contributed by atoms with E-state index >= 15 is 0 Å². The Bertz CT molecular complexity index is 5320. The first-order valence-electron chi connectivity index (χ1n) is 32.5. The fraction of sp³-hybridized carbons (Fsp3) is 0. The summed E-state index contributed by atoms with van der Waals surface area (Å²) < 4.78 is 7.85. The molecule has 6 heterocycles. The van der Waals surface area contributed by atoms with Crippen molar-refractivity contribution in [1.82, 2.24) is 0 Å². The summed E-state index contributed by atoms with van der Waals surface area (Å²) >= 11 is 0. The lowest BCUT2D eigenvalue weighted by Gasteiger charge is -2.48. The van der Waals surface area contributed by atoms with Crippen molar-refractivity contribution in [1.29, 1.82) is 0 Å². The maximum atomic E-state index is 7.85. The smallest absolute Gasteiger partial charge is 0.256 e. The van der Waals surface area contributed by atoms with Gasteiger partial charge in [0.15, 0.2) is 0 Å². The fourth-order valence-corrected chi connectivity index (χ4v) is 16.5. The summed E-state index contributed by atoms with van der Waals surface area (Å²) in [5.74, 6) is 1.77. The average Bonchev–Trinajstić information content (AvgIpc) is 0.681. The third-order valence-electron chi connectivity index (χ3n) is 20.2. The van der Waals surface area contributed by atoms with Gasteiger partial charge in [0.05, 0.1) is 5.69 Å². The van der Waals surface area contributed by atoms with Crippen molar-refractivity contribution < 1.29 is 4.74 Å². The lowest BCUT2D eigenvalue weighted by molar-refractivity contribution is 0.491. The number of rotatable bonds is 8. The molecule has 0 aromatic heterocycles. The Morgan fingerprint density at radius 1 is 0.213 bits per heavy atom. The van der Waals surface area contributed by atoms with Crippen molar-refractivity contribution in [3.8, 4) is 11.5 Å². The molecule has 0 radical (unpaired) electrons. The first kappa shape index (κ1) is 52.6. The van der Waals surface area contributed by atoms with E-state index in [1.807, 2.05) is 0 Å². The van der Waals surface area contributed by atoms with Crippen LogP contribution in [0.15, 0.2) is 334 Å². The molecule has 0 saturated carbocycles. The molecule has 20 rings (SSSR count). The molecule has 6 aliphatic heterocycles. The van der Waals surface area contributed by atoms with Crippen molar-refractivity contribution in [2.75, 3.05) is 29.4 Å².